The molecule has 0 aliphatic carbocycles. The van der Waals surface area contributed by atoms with E-state index in [0.717, 1.165) is 0 Å². The first kappa shape index (κ1) is 9.51. The van der Waals surface area contributed by atoms with Crippen molar-refractivity contribution in [2.75, 3.05) is 19.8 Å². The number of hydrogen-bond donors (Lipinski definition) is 0. The van der Waals surface area contributed by atoms with Crippen molar-refractivity contribution in [3.05, 3.63) is 0 Å². The number of halogens is 3. The molecule has 5 heteroatoms. The third-order valence-electron chi connectivity index (χ3n) is 1.94. The van der Waals surface area contributed by atoms with Crippen LogP contribution in [0.3, 0.4) is 0 Å². The fourth-order valence-corrected chi connectivity index (χ4v) is 1.17. The molecule has 0 aromatic carbocycles. The van der Waals surface area contributed by atoms with E-state index in [9.17, 15) is 18.0 Å². The largest absolute Gasteiger partial charge is 0.333 e. The number of ketones is 1. The van der Waals surface area contributed by atoms with Crippen LogP contribution >= 0.6 is 0 Å². The number of carbonyl (C=O) groups is 1. The average Bonchev–Trinajstić information content (AvgIpc) is 2.05. The van der Waals surface area contributed by atoms with Crippen LogP contribution in [0.25, 0.3) is 0 Å². The molecule has 0 saturated carbocycles. The number of hydrogen-bond acceptors (Lipinski definition) is 2. The van der Waals surface area contributed by atoms with E-state index in [1.807, 2.05) is 0 Å². The molecule has 0 N–H and O–H groups in total. The minimum absolute atomic E-state index is 0.0269. The Hall–Kier alpha value is -0.580. The lowest BCUT2D eigenvalue weighted by molar-refractivity contribution is -0.166. The van der Waals surface area contributed by atoms with Crippen molar-refractivity contribution in [1.82, 2.24) is 4.90 Å². The van der Waals surface area contributed by atoms with Gasteiger partial charge in [-0.1, -0.05) is 0 Å². The lowest BCUT2D eigenvalue weighted by atomic mass is 10.1. The zero-order chi connectivity index (χ0) is 9.19. The summed E-state index contributed by atoms with van der Waals surface area (Å²) in [6.45, 7) is -1.74. The summed E-state index contributed by atoms with van der Waals surface area (Å²) in [6, 6.07) is -3.39. The molecule has 0 aromatic rings. The molecule has 12 heavy (non-hydrogen) atoms. The molecule has 0 amide bonds. The lowest BCUT2D eigenvalue weighted by Gasteiger charge is -2.31. The summed E-state index contributed by atoms with van der Waals surface area (Å²) >= 11 is 0. The molecule has 1 heterocycles. The highest BCUT2D eigenvalue weighted by molar-refractivity contribution is 5.79. The molecular weight excluding hydrogens is 171 g/mol. The summed E-state index contributed by atoms with van der Waals surface area (Å²) in [5, 5.41) is 0. The third-order valence-corrected chi connectivity index (χ3v) is 1.94. The highest BCUT2D eigenvalue weighted by Crippen LogP contribution is 2.23. The minimum Gasteiger partial charge on any atom is -0.300 e. The number of piperidine rings is 1. The van der Waals surface area contributed by atoms with Crippen molar-refractivity contribution in [1.29, 1.82) is 0 Å². The van der Waals surface area contributed by atoms with E-state index < -0.39 is 12.7 Å². The smallest absolute Gasteiger partial charge is 0.300 e. The van der Waals surface area contributed by atoms with Gasteiger partial charge in [0, 0.05) is 25.9 Å². The van der Waals surface area contributed by atoms with E-state index in [1.165, 1.54) is 0 Å². The maximum absolute atomic E-state index is 12.6. The second-order valence-electron chi connectivity index (χ2n) is 2.83. The predicted octanol–water partition coefficient (Wildman–Crippen LogP) is 1.21. The number of rotatable bonds is 2. The molecule has 0 atom stereocenters. The summed E-state index contributed by atoms with van der Waals surface area (Å²) in [5.74, 6) is -0.0269. The van der Waals surface area contributed by atoms with Crippen LogP contribution in [0.15, 0.2) is 0 Å². The van der Waals surface area contributed by atoms with Crippen LogP contribution in [-0.4, -0.2) is 36.5 Å². The topological polar surface area (TPSA) is 20.3 Å². The van der Waals surface area contributed by atoms with Crippen LogP contribution in [0.1, 0.15) is 12.8 Å². The van der Waals surface area contributed by atoms with Crippen molar-refractivity contribution >= 4 is 5.78 Å². The Morgan fingerprint density at radius 1 is 1.33 bits per heavy atom. The Morgan fingerprint density at radius 2 is 1.83 bits per heavy atom. The first-order valence-corrected chi connectivity index (χ1v) is 3.77. The Bertz CT molecular complexity index is 173. The zero-order valence-corrected chi connectivity index (χ0v) is 6.52. The Balaban J connectivity index is 2.49. The van der Waals surface area contributed by atoms with Crippen molar-refractivity contribution in [2.24, 2.45) is 0 Å². The molecule has 1 saturated heterocycles. The highest BCUT2D eigenvalue weighted by atomic mass is 19.3. The Kier molecular flexibility index (Phi) is 2.72. The van der Waals surface area contributed by atoms with E-state index in [0.29, 0.717) is 4.90 Å². The summed E-state index contributed by atoms with van der Waals surface area (Å²) < 4.78 is 37.0. The van der Waals surface area contributed by atoms with E-state index in [4.69, 9.17) is 0 Å². The van der Waals surface area contributed by atoms with Gasteiger partial charge >= 0.3 is 6.05 Å². The van der Waals surface area contributed by atoms with Crippen molar-refractivity contribution < 1.29 is 18.0 Å². The third kappa shape index (κ3) is 1.97. The van der Waals surface area contributed by atoms with E-state index in [-0.39, 0.29) is 31.7 Å². The van der Waals surface area contributed by atoms with Gasteiger partial charge in [-0.25, -0.2) is 9.29 Å². The Morgan fingerprint density at radius 3 is 2.25 bits per heavy atom. The molecule has 1 aliphatic rings. The second-order valence-corrected chi connectivity index (χ2v) is 2.83. The molecule has 0 radical (unpaired) electrons. The number of carbonyl (C=O) groups excluding carboxylic acids is 1. The normalized spacial score (nSPS) is 21.4. The highest BCUT2D eigenvalue weighted by Gasteiger charge is 2.38. The van der Waals surface area contributed by atoms with Gasteiger partial charge in [0.2, 0.25) is 0 Å². The molecule has 0 unspecified atom stereocenters. The van der Waals surface area contributed by atoms with Gasteiger partial charge in [0.1, 0.15) is 5.78 Å². The van der Waals surface area contributed by atoms with Crippen LogP contribution < -0.4 is 0 Å². The molecule has 0 aromatic heterocycles. The van der Waals surface area contributed by atoms with Gasteiger partial charge in [0.15, 0.2) is 6.67 Å². The molecule has 1 rings (SSSR count). The fraction of sp³-hybridized carbons (Fsp3) is 0.857. The monoisotopic (exact) mass is 181 g/mol. The van der Waals surface area contributed by atoms with Gasteiger partial charge in [0.25, 0.3) is 0 Å². The van der Waals surface area contributed by atoms with Gasteiger partial charge in [-0.05, 0) is 0 Å². The minimum atomic E-state index is -3.39. The SMILES string of the molecule is O=C1CCN(C(F)(F)CF)CC1. The van der Waals surface area contributed by atoms with Gasteiger partial charge in [-0.2, -0.15) is 8.78 Å². The molecule has 0 bridgehead atoms. The molecule has 1 fully saturated rings. The number of nitrogens with zero attached hydrogens (tertiary/aromatic N) is 1. The maximum atomic E-state index is 12.6. The van der Waals surface area contributed by atoms with Crippen LogP contribution in [0, 0.1) is 0 Å². The molecular formula is C7H10F3NO. The number of likely N-dealkylation sites (tertiary alicyclic amines) is 1. The quantitative estimate of drug-likeness (QED) is 0.597. The first-order chi connectivity index (χ1) is 5.56. The fourth-order valence-electron chi connectivity index (χ4n) is 1.17. The second kappa shape index (κ2) is 3.43. The standard InChI is InChI=1S/C7H10F3NO/c8-5-7(9,10)11-3-1-6(12)2-4-11/h1-5H2. The first-order valence-electron chi connectivity index (χ1n) is 3.77. The van der Waals surface area contributed by atoms with Crippen molar-refractivity contribution in [2.45, 2.75) is 18.9 Å². The van der Waals surface area contributed by atoms with Gasteiger partial charge in [-0.3, -0.25) is 4.79 Å². The molecule has 1 aliphatic heterocycles. The molecule has 0 spiro atoms. The van der Waals surface area contributed by atoms with Crippen LogP contribution in [0.2, 0.25) is 0 Å². The number of Topliss-reactive ketones (excluding diaryl/α,β-unsaturated/α-hetero) is 1. The number of alkyl halides is 3. The van der Waals surface area contributed by atoms with Crippen LogP contribution in [0.4, 0.5) is 13.2 Å². The van der Waals surface area contributed by atoms with E-state index in [1.54, 1.807) is 0 Å². The zero-order valence-electron chi connectivity index (χ0n) is 6.52. The van der Waals surface area contributed by atoms with Gasteiger partial charge in [-0.15, -0.1) is 0 Å². The Labute approximate surface area is 68.3 Å². The van der Waals surface area contributed by atoms with Gasteiger partial charge < -0.3 is 0 Å². The van der Waals surface area contributed by atoms with Crippen LogP contribution in [0.5, 0.6) is 0 Å². The van der Waals surface area contributed by atoms with E-state index >= 15 is 0 Å². The summed E-state index contributed by atoms with van der Waals surface area (Å²) in [6.07, 6.45) is 0.213. The maximum Gasteiger partial charge on any atom is 0.333 e. The van der Waals surface area contributed by atoms with Crippen LogP contribution in [-0.2, 0) is 4.79 Å². The lowest BCUT2D eigenvalue weighted by Crippen LogP contribution is -2.47. The molecule has 70 valence electrons. The van der Waals surface area contributed by atoms with Crippen molar-refractivity contribution in [3.63, 3.8) is 0 Å². The van der Waals surface area contributed by atoms with E-state index in [2.05, 4.69) is 0 Å². The average molecular weight is 181 g/mol. The predicted molar refractivity (Wildman–Crippen MR) is 36.7 cm³/mol. The summed E-state index contributed by atoms with van der Waals surface area (Å²) in [7, 11) is 0. The molecule has 2 nitrogen and oxygen atoms in total. The van der Waals surface area contributed by atoms with Gasteiger partial charge in [0.05, 0.1) is 0 Å². The van der Waals surface area contributed by atoms with Crippen molar-refractivity contribution in [3.8, 4) is 0 Å². The summed E-state index contributed by atoms with van der Waals surface area (Å²) in [4.78, 5) is 11.4. The summed E-state index contributed by atoms with van der Waals surface area (Å²) in [5.41, 5.74) is 0.